The topological polar surface area (TPSA) is 61.2 Å². The molecule has 19 heavy (non-hydrogen) atoms. The molecule has 0 radical (unpaired) electrons. The van der Waals surface area contributed by atoms with Crippen LogP contribution >= 0.6 is 0 Å². The SMILES string of the molecule is Nc1ccc2oc(=O)n(CC3CC4CCC3C4)c2c1. The van der Waals surface area contributed by atoms with E-state index in [2.05, 4.69) is 0 Å². The molecule has 2 N–H and O–H groups in total. The molecule has 4 heteroatoms. The molecule has 2 fully saturated rings. The summed E-state index contributed by atoms with van der Waals surface area (Å²) in [5, 5.41) is 0. The van der Waals surface area contributed by atoms with Crippen LogP contribution in [0.15, 0.2) is 27.4 Å². The fraction of sp³-hybridized carbons (Fsp3) is 0.533. The zero-order valence-corrected chi connectivity index (χ0v) is 10.8. The Morgan fingerprint density at radius 1 is 1.32 bits per heavy atom. The summed E-state index contributed by atoms with van der Waals surface area (Å²) in [6.07, 6.45) is 5.35. The maximum atomic E-state index is 12.0. The average molecular weight is 258 g/mol. The lowest BCUT2D eigenvalue weighted by atomic mass is 9.89. The second-order valence-corrected chi connectivity index (χ2v) is 6.14. The highest BCUT2D eigenvalue weighted by atomic mass is 16.4. The molecule has 2 saturated carbocycles. The van der Waals surface area contributed by atoms with Gasteiger partial charge in [-0.05, 0) is 55.2 Å². The molecule has 0 aliphatic heterocycles. The molecule has 4 rings (SSSR count). The van der Waals surface area contributed by atoms with Crippen LogP contribution in [0.1, 0.15) is 25.7 Å². The van der Waals surface area contributed by atoms with Gasteiger partial charge in [0.2, 0.25) is 0 Å². The van der Waals surface area contributed by atoms with Gasteiger partial charge < -0.3 is 10.2 Å². The maximum absolute atomic E-state index is 12.0. The number of benzene rings is 1. The molecular weight excluding hydrogens is 240 g/mol. The summed E-state index contributed by atoms with van der Waals surface area (Å²) in [4.78, 5) is 12.0. The fourth-order valence-electron chi connectivity index (χ4n) is 4.09. The summed E-state index contributed by atoms with van der Waals surface area (Å²) >= 11 is 0. The predicted octanol–water partition coefficient (Wildman–Crippen LogP) is 2.61. The van der Waals surface area contributed by atoms with E-state index in [9.17, 15) is 4.79 Å². The third-order valence-electron chi connectivity index (χ3n) is 4.99. The van der Waals surface area contributed by atoms with Crippen molar-refractivity contribution in [2.24, 2.45) is 17.8 Å². The molecule has 0 saturated heterocycles. The molecule has 1 aromatic carbocycles. The number of nitrogen functional groups attached to an aromatic ring is 1. The third kappa shape index (κ3) is 1.70. The quantitative estimate of drug-likeness (QED) is 0.842. The lowest BCUT2D eigenvalue weighted by molar-refractivity contribution is 0.290. The van der Waals surface area contributed by atoms with Crippen molar-refractivity contribution in [3.8, 4) is 0 Å². The lowest BCUT2D eigenvalue weighted by Crippen LogP contribution is -2.23. The summed E-state index contributed by atoms with van der Waals surface area (Å²) < 4.78 is 7.07. The second kappa shape index (κ2) is 3.89. The van der Waals surface area contributed by atoms with Gasteiger partial charge in [0.15, 0.2) is 5.58 Å². The standard InChI is InChI=1S/C15H18N2O2/c16-12-3-4-14-13(7-12)17(15(18)19-14)8-11-6-9-1-2-10(11)5-9/h3-4,7,9-11H,1-2,5-6,8,16H2. The van der Waals surface area contributed by atoms with Crippen molar-refractivity contribution in [3.63, 3.8) is 0 Å². The van der Waals surface area contributed by atoms with Crippen molar-refractivity contribution in [2.45, 2.75) is 32.2 Å². The molecule has 0 amide bonds. The van der Waals surface area contributed by atoms with Crippen LogP contribution in [0.3, 0.4) is 0 Å². The van der Waals surface area contributed by atoms with Gasteiger partial charge >= 0.3 is 5.76 Å². The van der Waals surface area contributed by atoms with E-state index in [0.717, 1.165) is 23.9 Å². The van der Waals surface area contributed by atoms with E-state index in [4.69, 9.17) is 10.2 Å². The molecular formula is C15H18N2O2. The highest BCUT2D eigenvalue weighted by Crippen LogP contribution is 2.48. The second-order valence-electron chi connectivity index (χ2n) is 6.14. The van der Waals surface area contributed by atoms with Crippen molar-refractivity contribution in [2.75, 3.05) is 5.73 Å². The number of aromatic nitrogens is 1. The number of oxazole rings is 1. The number of hydrogen-bond donors (Lipinski definition) is 1. The Labute approximate surface area is 111 Å². The largest absolute Gasteiger partial charge is 0.419 e. The normalized spacial score (nSPS) is 29.4. The van der Waals surface area contributed by atoms with Gasteiger partial charge in [0.25, 0.3) is 0 Å². The van der Waals surface area contributed by atoms with Gasteiger partial charge in [-0.3, -0.25) is 4.57 Å². The summed E-state index contributed by atoms with van der Waals surface area (Å²) in [6.45, 7) is 0.788. The Bertz CT molecular complexity index is 685. The van der Waals surface area contributed by atoms with Crippen molar-refractivity contribution in [1.82, 2.24) is 4.57 Å². The van der Waals surface area contributed by atoms with Gasteiger partial charge in [0.1, 0.15) is 0 Å². The molecule has 4 nitrogen and oxygen atoms in total. The molecule has 0 spiro atoms. The van der Waals surface area contributed by atoms with Crippen molar-refractivity contribution >= 4 is 16.8 Å². The van der Waals surface area contributed by atoms with Crippen LogP contribution in [-0.2, 0) is 6.54 Å². The van der Waals surface area contributed by atoms with E-state index < -0.39 is 0 Å². The van der Waals surface area contributed by atoms with E-state index >= 15 is 0 Å². The first-order valence-electron chi connectivity index (χ1n) is 7.09. The lowest BCUT2D eigenvalue weighted by Gasteiger charge is -2.21. The molecule has 2 bridgehead atoms. The highest BCUT2D eigenvalue weighted by molar-refractivity contribution is 5.76. The van der Waals surface area contributed by atoms with Crippen LogP contribution in [0.5, 0.6) is 0 Å². The van der Waals surface area contributed by atoms with Crippen molar-refractivity contribution in [3.05, 3.63) is 28.7 Å². The van der Waals surface area contributed by atoms with E-state index in [1.165, 1.54) is 25.7 Å². The molecule has 1 heterocycles. The van der Waals surface area contributed by atoms with Gasteiger partial charge in [-0.1, -0.05) is 6.42 Å². The summed E-state index contributed by atoms with van der Waals surface area (Å²) in [7, 11) is 0. The number of rotatable bonds is 2. The van der Waals surface area contributed by atoms with Gasteiger partial charge in [0, 0.05) is 12.2 Å². The highest BCUT2D eigenvalue weighted by Gasteiger charge is 2.39. The zero-order valence-electron chi connectivity index (χ0n) is 10.8. The first-order valence-corrected chi connectivity index (χ1v) is 7.09. The molecule has 2 aliphatic carbocycles. The first kappa shape index (κ1) is 11.1. The Morgan fingerprint density at radius 3 is 2.95 bits per heavy atom. The molecule has 2 aliphatic rings. The fourth-order valence-corrected chi connectivity index (χ4v) is 4.09. The van der Waals surface area contributed by atoms with Crippen LogP contribution in [-0.4, -0.2) is 4.57 Å². The van der Waals surface area contributed by atoms with E-state index in [1.54, 1.807) is 16.7 Å². The number of fused-ring (bicyclic) bond motifs is 3. The van der Waals surface area contributed by atoms with Crippen LogP contribution in [0.25, 0.3) is 11.1 Å². The monoisotopic (exact) mass is 258 g/mol. The third-order valence-corrected chi connectivity index (χ3v) is 4.99. The van der Waals surface area contributed by atoms with Crippen molar-refractivity contribution < 1.29 is 4.42 Å². The predicted molar refractivity (Wildman–Crippen MR) is 73.8 cm³/mol. The van der Waals surface area contributed by atoms with Crippen LogP contribution in [0, 0.1) is 17.8 Å². The van der Waals surface area contributed by atoms with Crippen LogP contribution in [0.2, 0.25) is 0 Å². The molecule has 1 aromatic heterocycles. The number of anilines is 1. The van der Waals surface area contributed by atoms with Crippen LogP contribution in [0.4, 0.5) is 5.69 Å². The minimum Gasteiger partial charge on any atom is -0.408 e. The summed E-state index contributed by atoms with van der Waals surface area (Å²) in [5.74, 6) is 2.10. The average Bonchev–Trinajstić information content (AvgIpc) is 3.06. The maximum Gasteiger partial charge on any atom is 0.419 e. The Morgan fingerprint density at radius 2 is 2.21 bits per heavy atom. The summed E-state index contributed by atoms with van der Waals surface area (Å²) in [5.41, 5.74) is 7.97. The minimum absolute atomic E-state index is 0.247. The van der Waals surface area contributed by atoms with Gasteiger partial charge in [-0.2, -0.15) is 0 Å². The number of hydrogen-bond acceptors (Lipinski definition) is 3. The van der Waals surface area contributed by atoms with E-state index in [0.29, 0.717) is 17.2 Å². The van der Waals surface area contributed by atoms with Gasteiger partial charge in [0.05, 0.1) is 5.52 Å². The minimum atomic E-state index is -0.247. The Hall–Kier alpha value is -1.71. The number of nitrogens with two attached hydrogens (primary N) is 1. The van der Waals surface area contributed by atoms with E-state index in [-0.39, 0.29) is 5.76 Å². The van der Waals surface area contributed by atoms with Crippen molar-refractivity contribution in [1.29, 1.82) is 0 Å². The Balaban J connectivity index is 1.72. The zero-order chi connectivity index (χ0) is 13.0. The molecule has 3 unspecified atom stereocenters. The Kier molecular flexibility index (Phi) is 2.28. The van der Waals surface area contributed by atoms with Gasteiger partial charge in [-0.15, -0.1) is 0 Å². The van der Waals surface area contributed by atoms with Gasteiger partial charge in [-0.25, -0.2) is 4.79 Å². The smallest absolute Gasteiger partial charge is 0.408 e. The summed E-state index contributed by atoms with van der Waals surface area (Å²) in [6, 6.07) is 5.39. The van der Waals surface area contributed by atoms with Crippen LogP contribution < -0.4 is 11.5 Å². The number of nitrogens with zero attached hydrogens (tertiary/aromatic N) is 1. The molecule has 3 atom stereocenters. The molecule has 2 aromatic rings. The molecule has 100 valence electrons. The first-order chi connectivity index (χ1) is 9.20. The van der Waals surface area contributed by atoms with E-state index in [1.807, 2.05) is 6.07 Å².